The number of aliphatic carboxylic acids is 1. The van der Waals surface area contributed by atoms with Crippen molar-refractivity contribution in [1.82, 2.24) is 0 Å². The molecular formula is C11H17F3O2. The quantitative estimate of drug-likeness (QED) is 0.815. The van der Waals surface area contributed by atoms with E-state index < -0.39 is 24.0 Å². The highest BCUT2D eigenvalue weighted by Crippen LogP contribution is 2.46. The largest absolute Gasteiger partial charge is 0.481 e. The fourth-order valence-corrected chi connectivity index (χ4v) is 2.49. The van der Waals surface area contributed by atoms with Gasteiger partial charge in [0.25, 0.3) is 0 Å². The van der Waals surface area contributed by atoms with Crippen molar-refractivity contribution < 1.29 is 23.1 Å². The molecule has 0 spiro atoms. The number of carboxylic acid groups (broad SMARTS) is 1. The predicted molar refractivity (Wildman–Crippen MR) is 53.0 cm³/mol. The van der Waals surface area contributed by atoms with Gasteiger partial charge in [0.05, 0.1) is 11.8 Å². The van der Waals surface area contributed by atoms with Crippen LogP contribution in [0, 0.1) is 11.3 Å². The van der Waals surface area contributed by atoms with E-state index in [4.69, 9.17) is 5.11 Å². The third-order valence-corrected chi connectivity index (χ3v) is 3.63. The van der Waals surface area contributed by atoms with E-state index >= 15 is 0 Å². The third kappa shape index (κ3) is 3.12. The molecule has 0 unspecified atom stereocenters. The van der Waals surface area contributed by atoms with Crippen LogP contribution < -0.4 is 0 Å². The summed E-state index contributed by atoms with van der Waals surface area (Å²) in [5.74, 6) is -0.903. The van der Waals surface area contributed by atoms with Crippen LogP contribution in [0.5, 0.6) is 0 Å². The number of hydrogen-bond donors (Lipinski definition) is 1. The predicted octanol–water partition coefficient (Wildman–Crippen LogP) is 3.61. The van der Waals surface area contributed by atoms with Gasteiger partial charge in [0.1, 0.15) is 0 Å². The van der Waals surface area contributed by atoms with Gasteiger partial charge in [0.2, 0.25) is 0 Å². The van der Waals surface area contributed by atoms with E-state index in [0.717, 1.165) is 6.42 Å². The minimum Gasteiger partial charge on any atom is -0.481 e. The maximum absolute atomic E-state index is 12.4. The van der Waals surface area contributed by atoms with Crippen LogP contribution >= 0.6 is 0 Å². The van der Waals surface area contributed by atoms with Crippen molar-refractivity contribution in [2.45, 2.75) is 51.6 Å². The maximum Gasteiger partial charge on any atom is 0.390 e. The second-order valence-electron chi connectivity index (χ2n) is 4.73. The Morgan fingerprint density at radius 2 is 1.88 bits per heavy atom. The Labute approximate surface area is 92.8 Å². The number of hydrogen-bond acceptors (Lipinski definition) is 1. The molecule has 0 heterocycles. The minimum atomic E-state index is -4.39. The Morgan fingerprint density at radius 3 is 2.19 bits per heavy atom. The lowest BCUT2D eigenvalue weighted by molar-refractivity contribution is -0.184. The second kappa shape index (κ2) is 4.63. The van der Waals surface area contributed by atoms with Crippen LogP contribution in [0.2, 0.25) is 0 Å². The van der Waals surface area contributed by atoms with E-state index in [2.05, 4.69) is 0 Å². The summed E-state index contributed by atoms with van der Waals surface area (Å²) in [6.45, 7) is 1.99. The molecule has 2 nitrogen and oxygen atoms in total. The molecule has 1 rings (SSSR count). The average Bonchev–Trinajstić information content (AvgIpc) is 2.16. The van der Waals surface area contributed by atoms with Gasteiger partial charge in [-0.05, 0) is 31.6 Å². The average molecular weight is 238 g/mol. The number of carbonyl (C=O) groups is 1. The molecule has 0 amide bonds. The molecule has 5 heteroatoms. The highest BCUT2D eigenvalue weighted by atomic mass is 19.4. The molecule has 0 aliphatic heterocycles. The van der Waals surface area contributed by atoms with Gasteiger partial charge >= 0.3 is 12.1 Å². The SMILES string of the molecule is CCC1CCC(CC(F)(F)F)(C(=O)O)CC1. The summed E-state index contributed by atoms with van der Waals surface area (Å²) in [6.07, 6.45) is -3.16. The minimum absolute atomic E-state index is 0.153. The van der Waals surface area contributed by atoms with Crippen LogP contribution in [-0.2, 0) is 4.79 Å². The van der Waals surface area contributed by atoms with Crippen molar-refractivity contribution in [3.05, 3.63) is 0 Å². The number of alkyl halides is 3. The van der Waals surface area contributed by atoms with Gasteiger partial charge in [-0.2, -0.15) is 13.2 Å². The van der Waals surface area contributed by atoms with Crippen molar-refractivity contribution >= 4 is 5.97 Å². The maximum atomic E-state index is 12.4. The third-order valence-electron chi connectivity index (χ3n) is 3.63. The van der Waals surface area contributed by atoms with Crippen molar-refractivity contribution in [2.24, 2.45) is 11.3 Å². The standard InChI is InChI=1S/C11H17F3O2/c1-2-8-3-5-10(6-4-8,9(15)16)7-11(12,13)14/h8H,2-7H2,1H3,(H,15,16). The Morgan fingerprint density at radius 1 is 1.38 bits per heavy atom. The highest BCUT2D eigenvalue weighted by Gasteiger charge is 2.49. The van der Waals surface area contributed by atoms with Gasteiger partial charge in [-0.3, -0.25) is 4.79 Å². The fourth-order valence-electron chi connectivity index (χ4n) is 2.49. The first-order valence-corrected chi connectivity index (χ1v) is 5.59. The highest BCUT2D eigenvalue weighted by molar-refractivity contribution is 5.74. The first-order valence-electron chi connectivity index (χ1n) is 5.59. The van der Waals surface area contributed by atoms with E-state index in [1.165, 1.54) is 0 Å². The summed E-state index contributed by atoms with van der Waals surface area (Å²) in [7, 11) is 0. The number of halogens is 3. The molecule has 1 saturated carbocycles. The van der Waals surface area contributed by atoms with Crippen LogP contribution in [-0.4, -0.2) is 17.3 Å². The summed E-state index contributed by atoms with van der Waals surface area (Å²) in [4.78, 5) is 11.0. The van der Waals surface area contributed by atoms with E-state index in [-0.39, 0.29) is 12.8 Å². The van der Waals surface area contributed by atoms with Gasteiger partial charge in [0.15, 0.2) is 0 Å². The summed E-state index contributed by atoms with van der Waals surface area (Å²) in [5, 5.41) is 9.01. The molecule has 1 N–H and O–H groups in total. The summed E-state index contributed by atoms with van der Waals surface area (Å²) < 4.78 is 37.1. The Balaban J connectivity index is 2.73. The first kappa shape index (κ1) is 13.3. The van der Waals surface area contributed by atoms with Crippen LogP contribution in [0.25, 0.3) is 0 Å². The van der Waals surface area contributed by atoms with E-state index in [9.17, 15) is 18.0 Å². The topological polar surface area (TPSA) is 37.3 Å². The summed E-state index contributed by atoms with van der Waals surface area (Å²) >= 11 is 0. The second-order valence-corrected chi connectivity index (χ2v) is 4.73. The van der Waals surface area contributed by atoms with Crippen molar-refractivity contribution in [3.8, 4) is 0 Å². The van der Waals surface area contributed by atoms with Crippen LogP contribution in [0.3, 0.4) is 0 Å². The molecule has 0 atom stereocenters. The molecular weight excluding hydrogens is 221 g/mol. The van der Waals surface area contributed by atoms with E-state index in [0.29, 0.717) is 18.8 Å². The lowest BCUT2D eigenvalue weighted by Crippen LogP contribution is -2.39. The molecule has 1 aliphatic carbocycles. The van der Waals surface area contributed by atoms with Crippen molar-refractivity contribution in [3.63, 3.8) is 0 Å². The molecule has 0 aromatic carbocycles. The van der Waals surface area contributed by atoms with E-state index in [1.54, 1.807) is 0 Å². The normalized spacial score (nSPS) is 31.4. The molecule has 16 heavy (non-hydrogen) atoms. The molecule has 0 saturated heterocycles. The van der Waals surface area contributed by atoms with Crippen molar-refractivity contribution in [1.29, 1.82) is 0 Å². The van der Waals surface area contributed by atoms with Crippen LogP contribution in [0.1, 0.15) is 45.4 Å². The molecule has 0 radical (unpaired) electrons. The number of carboxylic acids is 1. The Bertz CT molecular complexity index is 252. The van der Waals surface area contributed by atoms with Gasteiger partial charge in [-0.15, -0.1) is 0 Å². The van der Waals surface area contributed by atoms with Crippen LogP contribution in [0.4, 0.5) is 13.2 Å². The zero-order valence-corrected chi connectivity index (χ0v) is 9.31. The molecule has 0 bridgehead atoms. The lowest BCUT2D eigenvalue weighted by Gasteiger charge is -2.37. The van der Waals surface area contributed by atoms with Gasteiger partial charge < -0.3 is 5.11 Å². The Hall–Kier alpha value is -0.740. The number of rotatable bonds is 3. The molecule has 1 aliphatic rings. The monoisotopic (exact) mass is 238 g/mol. The summed E-state index contributed by atoms with van der Waals surface area (Å²) in [6, 6.07) is 0. The van der Waals surface area contributed by atoms with E-state index in [1.807, 2.05) is 6.92 Å². The van der Waals surface area contributed by atoms with Crippen LogP contribution in [0.15, 0.2) is 0 Å². The van der Waals surface area contributed by atoms with Gasteiger partial charge in [0, 0.05) is 0 Å². The van der Waals surface area contributed by atoms with Gasteiger partial charge in [-0.25, -0.2) is 0 Å². The summed E-state index contributed by atoms with van der Waals surface area (Å²) in [5.41, 5.74) is -1.57. The fraction of sp³-hybridized carbons (Fsp3) is 0.909. The smallest absolute Gasteiger partial charge is 0.390 e. The Kier molecular flexibility index (Phi) is 3.86. The molecule has 94 valence electrons. The molecule has 0 aromatic rings. The zero-order valence-electron chi connectivity index (χ0n) is 9.31. The van der Waals surface area contributed by atoms with Gasteiger partial charge in [-0.1, -0.05) is 13.3 Å². The van der Waals surface area contributed by atoms with Crippen molar-refractivity contribution in [2.75, 3.05) is 0 Å². The molecule has 1 fully saturated rings. The zero-order chi connectivity index (χ0) is 12.4. The first-order chi connectivity index (χ1) is 7.29. The lowest BCUT2D eigenvalue weighted by atomic mass is 9.68. The molecule has 0 aromatic heterocycles.